The zero-order chi connectivity index (χ0) is 15.4. The van der Waals surface area contributed by atoms with Crippen LogP contribution in [0.3, 0.4) is 0 Å². The average Bonchev–Trinajstić information content (AvgIpc) is 2.57. The van der Waals surface area contributed by atoms with Crippen molar-refractivity contribution < 1.29 is 4.79 Å². The van der Waals surface area contributed by atoms with Gasteiger partial charge in [0.05, 0.1) is 5.41 Å². The monoisotopic (exact) mass is 336 g/mol. The third kappa shape index (κ3) is 3.89. The van der Waals surface area contributed by atoms with Crippen LogP contribution in [0, 0.1) is 6.92 Å². The highest BCUT2D eigenvalue weighted by Gasteiger charge is 2.42. The van der Waals surface area contributed by atoms with E-state index in [9.17, 15) is 4.79 Å². The molecule has 1 aliphatic carbocycles. The van der Waals surface area contributed by atoms with Gasteiger partial charge in [0.15, 0.2) is 0 Å². The third-order valence-corrected chi connectivity index (χ3v) is 5.48. The van der Waals surface area contributed by atoms with Crippen LogP contribution in [0.25, 0.3) is 0 Å². The number of hydrogen-bond acceptors (Lipinski definition) is 2. The SMILES string of the molecule is Cc1ccccc1C1(C(=O)NC2CCNCC2)CCCCC1.Cl. The molecule has 1 saturated carbocycles. The molecule has 128 valence electrons. The number of rotatable bonds is 3. The Morgan fingerprint density at radius 1 is 1.13 bits per heavy atom. The third-order valence-electron chi connectivity index (χ3n) is 5.48. The van der Waals surface area contributed by atoms with Gasteiger partial charge in [-0.25, -0.2) is 0 Å². The minimum Gasteiger partial charge on any atom is -0.353 e. The minimum absolute atomic E-state index is 0. The van der Waals surface area contributed by atoms with E-state index in [4.69, 9.17) is 0 Å². The molecule has 2 aliphatic rings. The maximum Gasteiger partial charge on any atom is 0.230 e. The molecule has 3 nitrogen and oxygen atoms in total. The molecule has 2 fully saturated rings. The molecular weight excluding hydrogens is 308 g/mol. The normalized spacial score (nSPS) is 21.3. The lowest BCUT2D eigenvalue weighted by molar-refractivity contribution is -0.129. The lowest BCUT2D eigenvalue weighted by Crippen LogP contribution is -2.51. The predicted octanol–water partition coefficient (Wildman–Crippen LogP) is 3.49. The Bertz CT molecular complexity index is 520. The summed E-state index contributed by atoms with van der Waals surface area (Å²) in [7, 11) is 0. The van der Waals surface area contributed by atoms with Crippen LogP contribution in [0.4, 0.5) is 0 Å². The molecular formula is C19H29ClN2O. The number of hydrogen-bond donors (Lipinski definition) is 2. The van der Waals surface area contributed by atoms with Crippen molar-refractivity contribution in [1.82, 2.24) is 10.6 Å². The van der Waals surface area contributed by atoms with E-state index in [1.165, 1.54) is 17.5 Å². The Morgan fingerprint density at radius 3 is 2.43 bits per heavy atom. The molecule has 1 aromatic rings. The molecule has 0 unspecified atom stereocenters. The first-order valence-electron chi connectivity index (χ1n) is 8.80. The molecule has 0 atom stereocenters. The van der Waals surface area contributed by atoms with Gasteiger partial charge in [-0.05, 0) is 56.8 Å². The van der Waals surface area contributed by atoms with Crippen molar-refractivity contribution >= 4 is 18.3 Å². The van der Waals surface area contributed by atoms with Gasteiger partial charge in [0, 0.05) is 6.04 Å². The average molecular weight is 337 g/mol. The van der Waals surface area contributed by atoms with Crippen molar-refractivity contribution in [3.63, 3.8) is 0 Å². The van der Waals surface area contributed by atoms with Crippen molar-refractivity contribution in [1.29, 1.82) is 0 Å². The van der Waals surface area contributed by atoms with Crippen LogP contribution >= 0.6 is 12.4 Å². The van der Waals surface area contributed by atoms with Crippen LogP contribution in [0.15, 0.2) is 24.3 Å². The molecule has 3 rings (SSSR count). The summed E-state index contributed by atoms with van der Waals surface area (Å²) in [5.41, 5.74) is 2.21. The van der Waals surface area contributed by atoms with E-state index >= 15 is 0 Å². The van der Waals surface area contributed by atoms with E-state index in [0.29, 0.717) is 6.04 Å². The van der Waals surface area contributed by atoms with Crippen molar-refractivity contribution in [3.8, 4) is 0 Å². The molecule has 23 heavy (non-hydrogen) atoms. The lowest BCUT2D eigenvalue weighted by Gasteiger charge is -2.39. The highest BCUT2D eigenvalue weighted by molar-refractivity contribution is 5.89. The fourth-order valence-corrected chi connectivity index (χ4v) is 4.17. The van der Waals surface area contributed by atoms with E-state index in [0.717, 1.165) is 51.6 Å². The van der Waals surface area contributed by atoms with Gasteiger partial charge in [-0.3, -0.25) is 4.79 Å². The van der Waals surface area contributed by atoms with Crippen molar-refractivity contribution in [2.24, 2.45) is 0 Å². The molecule has 0 bridgehead atoms. The summed E-state index contributed by atoms with van der Waals surface area (Å²) in [5.74, 6) is 0.272. The van der Waals surface area contributed by atoms with E-state index < -0.39 is 0 Å². The molecule has 2 N–H and O–H groups in total. The fourth-order valence-electron chi connectivity index (χ4n) is 4.17. The van der Waals surface area contributed by atoms with Gasteiger partial charge in [0.1, 0.15) is 0 Å². The van der Waals surface area contributed by atoms with Gasteiger partial charge in [-0.15, -0.1) is 12.4 Å². The Kier molecular flexibility index (Phi) is 6.49. The van der Waals surface area contributed by atoms with Gasteiger partial charge in [-0.2, -0.15) is 0 Å². The zero-order valence-electron chi connectivity index (χ0n) is 14.1. The number of benzene rings is 1. The first kappa shape index (κ1) is 18.3. The first-order chi connectivity index (χ1) is 10.7. The van der Waals surface area contributed by atoms with Gasteiger partial charge >= 0.3 is 0 Å². The van der Waals surface area contributed by atoms with E-state index in [2.05, 4.69) is 41.8 Å². The number of carbonyl (C=O) groups is 1. The summed E-state index contributed by atoms with van der Waals surface area (Å²) in [6, 6.07) is 8.81. The molecule has 1 amide bonds. The summed E-state index contributed by atoms with van der Waals surface area (Å²) in [5, 5.41) is 6.74. The number of amides is 1. The van der Waals surface area contributed by atoms with Gasteiger partial charge in [0.2, 0.25) is 5.91 Å². The van der Waals surface area contributed by atoms with Crippen molar-refractivity contribution in [3.05, 3.63) is 35.4 Å². The number of piperidine rings is 1. The summed E-state index contributed by atoms with van der Waals surface area (Å²) in [6.07, 6.45) is 7.67. The number of carbonyl (C=O) groups excluding carboxylic acids is 1. The maximum atomic E-state index is 13.2. The van der Waals surface area contributed by atoms with E-state index in [1.807, 2.05) is 0 Å². The zero-order valence-corrected chi connectivity index (χ0v) is 14.9. The predicted molar refractivity (Wildman–Crippen MR) is 97.2 cm³/mol. The highest BCUT2D eigenvalue weighted by atomic mass is 35.5. The number of nitrogens with one attached hydrogen (secondary N) is 2. The Balaban J connectivity index is 0.00000192. The van der Waals surface area contributed by atoms with E-state index in [-0.39, 0.29) is 23.7 Å². The van der Waals surface area contributed by atoms with Crippen molar-refractivity contribution in [2.75, 3.05) is 13.1 Å². The quantitative estimate of drug-likeness (QED) is 0.887. The maximum absolute atomic E-state index is 13.2. The molecule has 0 spiro atoms. The van der Waals surface area contributed by atoms with Crippen molar-refractivity contribution in [2.45, 2.75) is 63.3 Å². The lowest BCUT2D eigenvalue weighted by atomic mass is 9.67. The van der Waals surface area contributed by atoms with E-state index in [1.54, 1.807) is 0 Å². The molecule has 1 saturated heterocycles. The van der Waals surface area contributed by atoms with Gasteiger partial charge in [0.25, 0.3) is 0 Å². The van der Waals surface area contributed by atoms with Gasteiger partial charge < -0.3 is 10.6 Å². The Labute approximate surface area is 146 Å². The second-order valence-corrected chi connectivity index (χ2v) is 6.96. The second kappa shape index (κ2) is 8.16. The summed E-state index contributed by atoms with van der Waals surface area (Å²) < 4.78 is 0. The molecule has 4 heteroatoms. The standard InChI is InChI=1S/C19H28N2O.ClH/c1-15-7-3-4-8-17(15)19(11-5-2-6-12-19)18(22)21-16-9-13-20-14-10-16;/h3-4,7-8,16,20H,2,5-6,9-14H2,1H3,(H,21,22);1H. The van der Waals surface area contributed by atoms with Crippen LogP contribution in [0.5, 0.6) is 0 Å². The Morgan fingerprint density at radius 2 is 1.78 bits per heavy atom. The summed E-state index contributed by atoms with van der Waals surface area (Å²) in [4.78, 5) is 13.2. The topological polar surface area (TPSA) is 41.1 Å². The van der Waals surface area contributed by atoms with Crippen LogP contribution in [-0.2, 0) is 10.2 Å². The molecule has 0 radical (unpaired) electrons. The summed E-state index contributed by atoms with van der Waals surface area (Å²) >= 11 is 0. The molecule has 1 aromatic carbocycles. The first-order valence-corrected chi connectivity index (χ1v) is 8.80. The number of aryl methyl sites for hydroxylation is 1. The summed E-state index contributed by atoms with van der Waals surface area (Å²) in [6.45, 7) is 4.17. The highest BCUT2D eigenvalue weighted by Crippen LogP contribution is 2.41. The molecule has 1 aliphatic heterocycles. The van der Waals surface area contributed by atoms with Crippen LogP contribution in [-0.4, -0.2) is 25.0 Å². The second-order valence-electron chi connectivity index (χ2n) is 6.96. The van der Waals surface area contributed by atoms with Crippen LogP contribution in [0.2, 0.25) is 0 Å². The van der Waals surface area contributed by atoms with Gasteiger partial charge in [-0.1, -0.05) is 43.5 Å². The van der Waals surface area contributed by atoms with Crippen LogP contribution < -0.4 is 10.6 Å². The number of halogens is 1. The largest absolute Gasteiger partial charge is 0.353 e. The minimum atomic E-state index is -0.297. The molecule has 1 heterocycles. The fraction of sp³-hybridized carbons (Fsp3) is 0.632. The Hall–Kier alpha value is -1.06. The smallest absolute Gasteiger partial charge is 0.230 e. The van der Waals surface area contributed by atoms with Crippen LogP contribution in [0.1, 0.15) is 56.1 Å². The molecule has 0 aromatic heterocycles.